The molecule has 0 aromatic carbocycles. The number of carbonyl (C=O) groups excluding carboxylic acids is 1. The lowest BCUT2D eigenvalue weighted by molar-refractivity contribution is -0.147. The Morgan fingerprint density at radius 3 is 2.61 bits per heavy atom. The highest BCUT2D eigenvalue weighted by Crippen LogP contribution is 2.31. The summed E-state index contributed by atoms with van der Waals surface area (Å²) >= 11 is 1.40. The fraction of sp³-hybridized carbons (Fsp3) is 0.583. The van der Waals surface area contributed by atoms with Crippen molar-refractivity contribution in [1.82, 2.24) is 4.98 Å². The van der Waals surface area contributed by atoms with E-state index in [4.69, 9.17) is 5.11 Å². The van der Waals surface area contributed by atoms with Crippen LogP contribution >= 0.6 is 11.3 Å². The van der Waals surface area contributed by atoms with Gasteiger partial charge in [-0.15, -0.1) is 11.3 Å². The minimum atomic E-state index is -0.870. The van der Waals surface area contributed by atoms with E-state index in [0.717, 1.165) is 17.7 Å². The molecule has 0 unspecified atom stereocenters. The van der Waals surface area contributed by atoms with E-state index in [1.807, 2.05) is 6.92 Å². The van der Waals surface area contributed by atoms with Crippen molar-refractivity contribution in [3.05, 3.63) is 11.1 Å². The van der Waals surface area contributed by atoms with Crippen LogP contribution in [0.25, 0.3) is 0 Å². The van der Waals surface area contributed by atoms with Gasteiger partial charge in [0.25, 0.3) is 0 Å². The highest BCUT2D eigenvalue weighted by molar-refractivity contribution is 7.15. The molecule has 0 aliphatic heterocycles. The Kier molecular flexibility index (Phi) is 3.96. The molecular formula is C12H16N2O3S. The summed E-state index contributed by atoms with van der Waals surface area (Å²) in [6.07, 6.45) is 4.73. The van der Waals surface area contributed by atoms with Gasteiger partial charge in [0.2, 0.25) is 5.91 Å². The van der Waals surface area contributed by atoms with Crippen LogP contribution < -0.4 is 5.32 Å². The van der Waals surface area contributed by atoms with Crippen LogP contribution in [0.4, 0.5) is 5.13 Å². The fourth-order valence-corrected chi connectivity index (χ4v) is 3.02. The Bertz CT molecular complexity index is 458. The average molecular weight is 268 g/mol. The van der Waals surface area contributed by atoms with E-state index >= 15 is 0 Å². The molecule has 1 amide bonds. The number of carbonyl (C=O) groups is 2. The number of nitrogens with zero attached hydrogens (tertiary/aromatic N) is 1. The third kappa shape index (κ3) is 2.87. The van der Waals surface area contributed by atoms with Crippen LogP contribution in [-0.2, 0) is 9.59 Å². The van der Waals surface area contributed by atoms with Crippen molar-refractivity contribution in [2.45, 2.75) is 32.6 Å². The van der Waals surface area contributed by atoms with Gasteiger partial charge in [-0.2, -0.15) is 0 Å². The zero-order valence-corrected chi connectivity index (χ0v) is 11.0. The number of aryl methyl sites for hydroxylation is 1. The number of hydrogen-bond donors (Lipinski definition) is 2. The van der Waals surface area contributed by atoms with Crippen LogP contribution in [0, 0.1) is 18.8 Å². The Balaban J connectivity index is 2.04. The predicted molar refractivity (Wildman–Crippen MR) is 68.6 cm³/mol. The normalized spacial score (nSPS) is 23.6. The number of carboxylic acid groups (broad SMARTS) is 1. The molecule has 2 rings (SSSR count). The first-order valence-corrected chi connectivity index (χ1v) is 6.85. The Hall–Kier alpha value is -1.43. The summed E-state index contributed by atoms with van der Waals surface area (Å²) in [6, 6.07) is 0. The number of nitrogens with one attached hydrogen (secondary N) is 1. The lowest BCUT2D eigenvalue weighted by Crippen LogP contribution is -2.36. The van der Waals surface area contributed by atoms with E-state index in [0.29, 0.717) is 18.0 Å². The molecule has 1 saturated carbocycles. The molecule has 18 heavy (non-hydrogen) atoms. The van der Waals surface area contributed by atoms with Crippen molar-refractivity contribution in [3.63, 3.8) is 0 Å². The van der Waals surface area contributed by atoms with Gasteiger partial charge < -0.3 is 10.4 Å². The number of amides is 1. The molecule has 1 fully saturated rings. The van der Waals surface area contributed by atoms with Gasteiger partial charge in [0.1, 0.15) is 0 Å². The van der Waals surface area contributed by atoms with Gasteiger partial charge in [-0.05, 0) is 19.8 Å². The van der Waals surface area contributed by atoms with Gasteiger partial charge in [0.05, 0.1) is 11.8 Å². The van der Waals surface area contributed by atoms with Crippen LogP contribution in [0.1, 0.15) is 30.6 Å². The van der Waals surface area contributed by atoms with Gasteiger partial charge in [-0.3, -0.25) is 9.59 Å². The second-order valence-corrected chi connectivity index (χ2v) is 5.84. The standard InChI is InChI=1S/C12H16N2O3S/c1-7-6-13-12(18-7)14-10(15)8-4-2-3-5-9(8)11(16)17/h6,8-9H,2-5H2,1H3,(H,16,17)(H,13,14,15)/t8-,9-/m0/s1. The molecule has 0 radical (unpaired) electrons. The van der Waals surface area contributed by atoms with E-state index in [1.165, 1.54) is 11.3 Å². The molecule has 0 spiro atoms. The quantitative estimate of drug-likeness (QED) is 0.881. The molecule has 1 heterocycles. The fourth-order valence-electron chi connectivity index (χ4n) is 2.35. The second-order valence-electron chi connectivity index (χ2n) is 4.60. The number of thiazole rings is 1. The van der Waals surface area contributed by atoms with Gasteiger partial charge in [-0.25, -0.2) is 4.98 Å². The number of carboxylic acids is 1. The van der Waals surface area contributed by atoms with E-state index in [1.54, 1.807) is 6.20 Å². The third-order valence-corrected chi connectivity index (χ3v) is 4.10. The molecule has 0 saturated heterocycles. The number of aliphatic carboxylic acids is 1. The SMILES string of the molecule is Cc1cnc(NC(=O)[C@H]2CCCC[C@@H]2C(=O)O)s1. The molecule has 1 aromatic rings. The van der Waals surface area contributed by atoms with Crippen molar-refractivity contribution >= 4 is 28.3 Å². The molecule has 2 N–H and O–H groups in total. The van der Waals surface area contributed by atoms with E-state index in [2.05, 4.69) is 10.3 Å². The highest BCUT2D eigenvalue weighted by atomic mass is 32.1. The van der Waals surface area contributed by atoms with Gasteiger partial charge in [0.15, 0.2) is 5.13 Å². The number of aromatic nitrogens is 1. The molecule has 5 nitrogen and oxygen atoms in total. The minimum absolute atomic E-state index is 0.212. The van der Waals surface area contributed by atoms with Crippen LogP contribution in [0.15, 0.2) is 6.20 Å². The smallest absolute Gasteiger partial charge is 0.307 e. The monoisotopic (exact) mass is 268 g/mol. The molecule has 2 atom stereocenters. The van der Waals surface area contributed by atoms with Crippen LogP contribution in [-0.4, -0.2) is 22.0 Å². The Morgan fingerprint density at radius 1 is 1.39 bits per heavy atom. The maximum atomic E-state index is 12.1. The van der Waals surface area contributed by atoms with Crippen LogP contribution in [0.5, 0.6) is 0 Å². The van der Waals surface area contributed by atoms with Crippen molar-refractivity contribution in [1.29, 1.82) is 0 Å². The maximum Gasteiger partial charge on any atom is 0.307 e. The number of hydrogen-bond acceptors (Lipinski definition) is 4. The number of anilines is 1. The lowest BCUT2D eigenvalue weighted by atomic mass is 9.79. The third-order valence-electron chi connectivity index (χ3n) is 3.27. The first-order chi connectivity index (χ1) is 8.58. The summed E-state index contributed by atoms with van der Waals surface area (Å²) in [5.74, 6) is -2.07. The average Bonchev–Trinajstić information content (AvgIpc) is 2.74. The highest BCUT2D eigenvalue weighted by Gasteiger charge is 2.35. The van der Waals surface area contributed by atoms with Gasteiger partial charge >= 0.3 is 5.97 Å². The van der Waals surface area contributed by atoms with E-state index in [9.17, 15) is 9.59 Å². The van der Waals surface area contributed by atoms with Crippen LogP contribution in [0.2, 0.25) is 0 Å². The largest absolute Gasteiger partial charge is 0.481 e. The molecule has 0 bridgehead atoms. The maximum absolute atomic E-state index is 12.1. The zero-order valence-electron chi connectivity index (χ0n) is 10.2. The summed E-state index contributed by atoms with van der Waals surface area (Å²) in [4.78, 5) is 28.3. The topological polar surface area (TPSA) is 79.3 Å². The van der Waals surface area contributed by atoms with Crippen LogP contribution in [0.3, 0.4) is 0 Å². The van der Waals surface area contributed by atoms with Gasteiger partial charge in [0, 0.05) is 11.1 Å². The zero-order chi connectivity index (χ0) is 13.1. The molecule has 1 aliphatic rings. The van der Waals surface area contributed by atoms with Crippen molar-refractivity contribution in [2.75, 3.05) is 5.32 Å². The Labute approximate surface area is 109 Å². The minimum Gasteiger partial charge on any atom is -0.481 e. The summed E-state index contributed by atoms with van der Waals surface area (Å²) in [7, 11) is 0. The second kappa shape index (κ2) is 5.48. The van der Waals surface area contributed by atoms with E-state index in [-0.39, 0.29) is 5.91 Å². The molecule has 1 aromatic heterocycles. The van der Waals surface area contributed by atoms with E-state index < -0.39 is 17.8 Å². The summed E-state index contributed by atoms with van der Waals surface area (Å²) < 4.78 is 0. The van der Waals surface area contributed by atoms with Crippen molar-refractivity contribution in [3.8, 4) is 0 Å². The predicted octanol–water partition coefficient (Wildman–Crippen LogP) is 2.28. The molecule has 1 aliphatic carbocycles. The summed E-state index contributed by atoms with van der Waals surface area (Å²) in [5, 5.41) is 12.4. The first kappa shape index (κ1) is 13.0. The van der Waals surface area contributed by atoms with Crippen molar-refractivity contribution < 1.29 is 14.7 Å². The Morgan fingerprint density at radius 2 is 2.06 bits per heavy atom. The van der Waals surface area contributed by atoms with Crippen molar-refractivity contribution in [2.24, 2.45) is 11.8 Å². The molecule has 98 valence electrons. The molecular weight excluding hydrogens is 252 g/mol. The summed E-state index contributed by atoms with van der Waals surface area (Å²) in [5.41, 5.74) is 0. The summed E-state index contributed by atoms with van der Waals surface area (Å²) in [6.45, 7) is 1.91. The lowest BCUT2D eigenvalue weighted by Gasteiger charge is -2.26. The first-order valence-electron chi connectivity index (χ1n) is 6.04. The van der Waals surface area contributed by atoms with Gasteiger partial charge in [-0.1, -0.05) is 12.8 Å². The number of rotatable bonds is 3. The molecule has 6 heteroatoms.